The number of aromatic nitrogens is 4. The van der Waals surface area contributed by atoms with Crippen molar-refractivity contribution in [2.75, 3.05) is 0 Å². The largest absolute Gasteiger partial charge is 0.285 e. The van der Waals surface area contributed by atoms with E-state index in [0.717, 1.165) is 22.0 Å². The summed E-state index contributed by atoms with van der Waals surface area (Å²) in [5, 5.41) is 0.996. The molecule has 5 nitrogen and oxygen atoms in total. The van der Waals surface area contributed by atoms with E-state index in [-0.39, 0.29) is 17.9 Å². The zero-order valence-electron chi connectivity index (χ0n) is 15.3. The highest BCUT2D eigenvalue weighted by Crippen LogP contribution is 2.25. The lowest BCUT2D eigenvalue weighted by Crippen LogP contribution is -2.22. The summed E-state index contributed by atoms with van der Waals surface area (Å²) in [6.07, 6.45) is 4.57. The molecule has 0 N–H and O–H groups in total. The molecule has 0 spiro atoms. The Hall–Kier alpha value is -3.93. The smallest absolute Gasteiger partial charge is 0.270 e. The Morgan fingerprint density at radius 3 is 2.52 bits per heavy atom. The number of hydrogen-bond donors (Lipinski definition) is 0. The van der Waals surface area contributed by atoms with Crippen LogP contribution in [0.15, 0.2) is 84.0 Å². The number of nitrogens with zero attached hydrogens (tertiary/aromatic N) is 4. The first-order valence-corrected chi connectivity index (χ1v) is 9.13. The van der Waals surface area contributed by atoms with Gasteiger partial charge in [0.1, 0.15) is 11.3 Å². The normalized spacial score (nSPS) is 11.2. The highest BCUT2D eigenvalue weighted by Gasteiger charge is 2.11. The van der Waals surface area contributed by atoms with E-state index in [1.807, 2.05) is 36.4 Å². The number of halogens is 1. The molecule has 3 aromatic heterocycles. The van der Waals surface area contributed by atoms with Gasteiger partial charge >= 0.3 is 0 Å². The van der Waals surface area contributed by atoms with Gasteiger partial charge in [0, 0.05) is 23.3 Å². The molecule has 0 radical (unpaired) electrons. The molecule has 0 aliphatic carbocycles. The standard InChI is InChI=1S/C23H15FN4O/c24-19-12-16(15-7-8-20-17(11-15)3-1-9-25-20)5-6-18(19)14-28-22(29)13-27-21-4-2-10-26-23(21)28/h1-13H,14H2. The lowest BCUT2D eigenvalue weighted by Gasteiger charge is -2.11. The van der Waals surface area contributed by atoms with Gasteiger partial charge in [-0.2, -0.15) is 0 Å². The summed E-state index contributed by atoms with van der Waals surface area (Å²) in [6.45, 7) is 0.0859. The van der Waals surface area contributed by atoms with Crippen molar-refractivity contribution < 1.29 is 4.39 Å². The van der Waals surface area contributed by atoms with Gasteiger partial charge in [0.25, 0.3) is 5.56 Å². The van der Waals surface area contributed by atoms with E-state index in [9.17, 15) is 9.18 Å². The van der Waals surface area contributed by atoms with Crippen LogP contribution in [0.5, 0.6) is 0 Å². The van der Waals surface area contributed by atoms with Gasteiger partial charge in [0.15, 0.2) is 5.65 Å². The molecular formula is C23H15FN4O. The first-order valence-electron chi connectivity index (χ1n) is 9.13. The third kappa shape index (κ3) is 3.14. The van der Waals surface area contributed by atoms with Crippen LogP contribution in [0, 0.1) is 5.82 Å². The van der Waals surface area contributed by atoms with Crippen LogP contribution in [-0.4, -0.2) is 19.5 Å². The van der Waals surface area contributed by atoms with Gasteiger partial charge in [0.05, 0.1) is 18.3 Å². The lowest BCUT2D eigenvalue weighted by molar-refractivity contribution is 0.599. The van der Waals surface area contributed by atoms with Crippen molar-refractivity contribution in [1.82, 2.24) is 19.5 Å². The number of pyridine rings is 2. The summed E-state index contributed by atoms with van der Waals surface area (Å²) < 4.78 is 16.3. The molecule has 29 heavy (non-hydrogen) atoms. The minimum Gasteiger partial charge on any atom is -0.285 e. The van der Waals surface area contributed by atoms with Gasteiger partial charge in [0.2, 0.25) is 0 Å². The van der Waals surface area contributed by atoms with Crippen LogP contribution in [0.25, 0.3) is 33.2 Å². The fourth-order valence-corrected chi connectivity index (χ4v) is 3.43. The Morgan fingerprint density at radius 1 is 0.828 bits per heavy atom. The summed E-state index contributed by atoms with van der Waals surface area (Å²) in [6, 6.07) is 18.3. The van der Waals surface area contributed by atoms with E-state index in [2.05, 4.69) is 15.0 Å². The first-order chi connectivity index (χ1) is 14.2. The summed E-state index contributed by atoms with van der Waals surface area (Å²) in [5.41, 5.74) is 3.69. The van der Waals surface area contributed by atoms with Crippen LogP contribution < -0.4 is 5.56 Å². The summed E-state index contributed by atoms with van der Waals surface area (Å²) in [5.74, 6) is -0.374. The molecule has 0 aliphatic heterocycles. The molecule has 0 amide bonds. The minimum atomic E-state index is -0.374. The van der Waals surface area contributed by atoms with Crippen molar-refractivity contribution >= 4 is 22.1 Å². The minimum absolute atomic E-state index is 0.0859. The number of fused-ring (bicyclic) bond motifs is 2. The van der Waals surface area contributed by atoms with E-state index in [1.165, 1.54) is 16.8 Å². The molecule has 0 unspecified atom stereocenters. The Labute approximate surface area is 165 Å². The molecule has 5 rings (SSSR count). The molecule has 0 atom stereocenters. The predicted octanol–water partition coefficient (Wildman–Crippen LogP) is 4.19. The van der Waals surface area contributed by atoms with Gasteiger partial charge in [-0.05, 0) is 47.5 Å². The van der Waals surface area contributed by atoms with E-state index in [1.54, 1.807) is 30.6 Å². The van der Waals surface area contributed by atoms with Crippen LogP contribution in [0.2, 0.25) is 0 Å². The Bertz CT molecular complexity index is 1430. The first kappa shape index (κ1) is 17.2. The maximum Gasteiger partial charge on any atom is 0.270 e. The molecule has 0 bridgehead atoms. The lowest BCUT2D eigenvalue weighted by atomic mass is 10.0. The second-order valence-corrected chi connectivity index (χ2v) is 6.75. The van der Waals surface area contributed by atoms with Gasteiger partial charge in [-0.1, -0.05) is 24.3 Å². The molecule has 2 aromatic carbocycles. The Morgan fingerprint density at radius 2 is 1.62 bits per heavy atom. The van der Waals surface area contributed by atoms with Crippen LogP contribution in [0.1, 0.15) is 5.56 Å². The van der Waals surface area contributed by atoms with Crippen molar-refractivity contribution in [2.24, 2.45) is 0 Å². The third-order valence-electron chi connectivity index (χ3n) is 4.92. The molecule has 140 valence electrons. The van der Waals surface area contributed by atoms with Crippen molar-refractivity contribution in [2.45, 2.75) is 6.54 Å². The second-order valence-electron chi connectivity index (χ2n) is 6.75. The predicted molar refractivity (Wildman–Crippen MR) is 110 cm³/mol. The summed E-state index contributed by atoms with van der Waals surface area (Å²) in [7, 11) is 0. The number of rotatable bonds is 3. The summed E-state index contributed by atoms with van der Waals surface area (Å²) in [4.78, 5) is 24.9. The highest BCUT2D eigenvalue weighted by molar-refractivity contribution is 5.84. The van der Waals surface area contributed by atoms with E-state index >= 15 is 0 Å². The van der Waals surface area contributed by atoms with Crippen molar-refractivity contribution in [1.29, 1.82) is 0 Å². The van der Waals surface area contributed by atoms with Crippen molar-refractivity contribution in [3.8, 4) is 11.1 Å². The maximum atomic E-state index is 14.9. The molecule has 3 heterocycles. The van der Waals surface area contributed by atoms with E-state index < -0.39 is 0 Å². The highest BCUT2D eigenvalue weighted by atomic mass is 19.1. The Balaban J connectivity index is 1.53. The summed E-state index contributed by atoms with van der Waals surface area (Å²) >= 11 is 0. The SMILES string of the molecule is O=c1cnc2cccnc2n1Cc1ccc(-c2ccc3ncccc3c2)cc1F. The van der Waals surface area contributed by atoms with Crippen molar-refractivity contribution in [3.63, 3.8) is 0 Å². The van der Waals surface area contributed by atoms with Gasteiger partial charge < -0.3 is 0 Å². The quantitative estimate of drug-likeness (QED) is 0.469. The van der Waals surface area contributed by atoms with Crippen LogP contribution in [0.4, 0.5) is 4.39 Å². The molecule has 0 fully saturated rings. The topological polar surface area (TPSA) is 60.7 Å². The Kier molecular flexibility index (Phi) is 4.09. The molecule has 0 saturated carbocycles. The number of benzene rings is 2. The van der Waals surface area contributed by atoms with E-state index in [0.29, 0.717) is 16.7 Å². The fourth-order valence-electron chi connectivity index (χ4n) is 3.43. The zero-order valence-corrected chi connectivity index (χ0v) is 15.3. The van der Waals surface area contributed by atoms with Gasteiger partial charge in [-0.25, -0.2) is 14.4 Å². The molecule has 0 saturated heterocycles. The molecule has 6 heteroatoms. The zero-order chi connectivity index (χ0) is 19.8. The fraction of sp³-hybridized carbons (Fsp3) is 0.0435. The number of hydrogen-bond acceptors (Lipinski definition) is 4. The third-order valence-corrected chi connectivity index (χ3v) is 4.92. The van der Waals surface area contributed by atoms with Crippen LogP contribution in [0.3, 0.4) is 0 Å². The van der Waals surface area contributed by atoms with Crippen molar-refractivity contribution in [3.05, 3.63) is 101 Å². The average Bonchev–Trinajstić information content (AvgIpc) is 2.76. The van der Waals surface area contributed by atoms with Crippen LogP contribution >= 0.6 is 0 Å². The maximum absolute atomic E-state index is 14.9. The van der Waals surface area contributed by atoms with Gasteiger partial charge in [-0.15, -0.1) is 0 Å². The average molecular weight is 382 g/mol. The monoisotopic (exact) mass is 382 g/mol. The van der Waals surface area contributed by atoms with Crippen LogP contribution in [-0.2, 0) is 6.54 Å². The molecular weight excluding hydrogens is 367 g/mol. The second kappa shape index (κ2) is 6.91. The van der Waals surface area contributed by atoms with E-state index in [4.69, 9.17) is 0 Å². The molecule has 5 aromatic rings. The molecule has 0 aliphatic rings. The van der Waals surface area contributed by atoms with Gasteiger partial charge in [-0.3, -0.25) is 14.3 Å².